The highest BCUT2D eigenvalue weighted by atomic mass is 16.3. The van der Waals surface area contributed by atoms with Gasteiger partial charge in [-0.3, -0.25) is 24.0 Å². The molecule has 0 aromatic heterocycles. The number of phenolic OH excluding ortho intramolecular Hbond substituents is 1. The lowest BCUT2D eigenvalue weighted by Crippen LogP contribution is -2.58. The van der Waals surface area contributed by atoms with E-state index in [4.69, 9.17) is 22.9 Å². The highest BCUT2D eigenvalue weighted by Crippen LogP contribution is 2.13. The van der Waals surface area contributed by atoms with Gasteiger partial charge in [-0.25, -0.2) is 0 Å². The number of benzene rings is 1. The predicted molar refractivity (Wildman–Crippen MR) is 163 cm³/mol. The zero-order valence-electron chi connectivity index (χ0n) is 25.1. The number of carbonyl (C=O) groups is 5. The minimum atomic E-state index is -1.14. The summed E-state index contributed by atoms with van der Waals surface area (Å²) in [6.07, 6.45) is 4.47. The maximum Gasteiger partial charge on any atom is 0.243 e. The van der Waals surface area contributed by atoms with Crippen LogP contribution in [0.4, 0.5) is 0 Å². The van der Waals surface area contributed by atoms with E-state index in [-0.39, 0.29) is 18.6 Å². The molecule has 13 N–H and O–H groups in total. The number of hydrogen-bond donors (Lipinski definition) is 9. The number of carbonyl (C=O) groups excluding carboxylic acids is 5. The van der Waals surface area contributed by atoms with Gasteiger partial charge in [0.15, 0.2) is 0 Å². The van der Waals surface area contributed by atoms with Crippen LogP contribution in [0.3, 0.4) is 0 Å². The molecule has 4 atom stereocenters. The molecule has 14 heteroatoms. The molecule has 0 spiro atoms. The first-order chi connectivity index (χ1) is 20.5. The van der Waals surface area contributed by atoms with Gasteiger partial charge in [0.25, 0.3) is 0 Å². The van der Waals surface area contributed by atoms with Crippen molar-refractivity contribution < 1.29 is 29.1 Å². The highest BCUT2D eigenvalue weighted by molar-refractivity contribution is 5.95. The van der Waals surface area contributed by atoms with E-state index in [0.29, 0.717) is 76.6 Å². The van der Waals surface area contributed by atoms with Gasteiger partial charge in [0.05, 0.1) is 0 Å². The number of nitrogens with one attached hydrogen (secondary N) is 4. The molecule has 0 unspecified atom stereocenters. The minimum absolute atomic E-state index is 0.0338. The second kappa shape index (κ2) is 21.0. The summed E-state index contributed by atoms with van der Waals surface area (Å²) in [6.45, 7) is 2.54. The third kappa shape index (κ3) is 15.3. The molecule has 0 radical (unpaired) electrons. The van der Waals surface area contributed by atoms with Gasteiger partial charge in [-0.15, -0.1) is 0 Å². The van der Waals surface area contributed by atoms with Crippen molar-refractivity contribution >= 4 is 29.5 Å². The van der Waals surface area contributed by atoms with Gasteiger partial charge in [-0.1, -0.05) is 12.1 Å². The number of hydrogen-bond acceptors (Lipinski definition) is 9. The summed E-state index contributed by atoms with van der Waals surface area (Å²) < 4.78 is 0. The summed E-state index contributed by atoms with van der Waals surface area (Å²) in [6, 6.07) is 2.12. The Balaban J connectivity index is 3.21. The van der Waals surface area contributed by atoms with Crippen LogP contribution in [-0.2, 0) is 30.4 Å². The van der Waals surface area contributed by atoms with Gasteiger partial charge < -0.3 is 49.3 Å². The number of rotatable bonds is 22. The summed E-state index contributed by atoms with van der Waals surface area (Å²) >= 11 is 0. The van der Waals surface area contributed by atoms with Crippen molar-refractivity contribution in [2.45, 2.75) is 95.3 Å². The molecule has 0 aliphatic heterocycles. The number of amides is 5. The van der Waals surface area contributed by atoms with Gasteiger partial charge in [0.2, 0.25) is 29.5 Å². The lowest BCUT2D eigenvalue weighted by molar-refractivity contribution is -0.134. The molecular formula is C29H50N8O6. The molecule has 1 aromatic carbocycles. The second-order valence-corrected chi connectivity index (χ2v) is 10.6. The molecular weight excluding hydrogens is 556 g/mol. The van der Waals surface area contributed by atoms with Crippen LogP contribution in [0, 0.1) is 0 Å². The van der Waals surface area contributed by atoms with E-state index < -0.39 is 53.7 Å². The lowest BCUT2D eigenvalue weighted by Gasteiger charge is -2.26. The first kappa shape index (κ1) is 37.3. The van der Waals surface area contributed by atoms with Crippen molar-refractivity contribution in [2.24, 2.45) is 22.9 Å². The summed E-state index contributed by atoms with van der Waals surface area (Å²) in [5.41, 5.74) is 22.9. The molecule has 43 heavy (non-hydrogen) atoms. The molecule has 0 aliphatic carbocycles. The quantitative estimate of drug-likeness (QED) is 0.0714. The molecule has 1 aromatic rings. The largest absolute Gasteiger partial charge is 0.508 e. The van der Waals surface area contributed by atoms with Crippen molar-refractivity contribution in [3.8, 4) is 5.75 Å². The third-order valence-electron chi connectivity index (χ3n) is 6.84. The van der Waals surface area contributed by atoms with Gasteiger partial charge >= 0.3 is 0 Å². The Morgan fingerprint density at radius 3 is 1.47 bits per heavy atom. The van der Waals surface area contributed by atoms with E-state index in [2.05, 4.69) is 21.3 Å². The van der Waals surface area contributed by atoms with E-state index >= 15 is 0 Å². The fraction of sp³-hybridized carbons (Fsp3) is 0.621. The first-order valence-electron chi connectivity index (χ1n) is 14.9. The van der Waals surface area contributed by atoms with Crippen LogP contribution in [-0.4, -0.2) is 78.4 Å². The smallest absolute Gasteiger partial charge is 0.243 e. The van der Waals surface area contributed by atoms with E-state index in [0.717, 1.165) is 0 Å². The van der Waals surface area contributed by atoms with Gasteiger partial charge in [0, 0.05) is 13.3 Å². The molecule has 0 aliphatic rings. The molecule has 0 bridgehead atoms. The first-order valence-corrected chi connectivity index (χ1v) is 14.9. The maximum atomic E-state index is 13.6. The molecule has 0 fully saturated rings. The second-order valence-electron chi connectivity index (χ2n) is 10.6. The predicted octanol–water partition coefficient (Wildman–Crippen LogP) is -1.23. The maximum absolute atomic E-state index is 13.6. The number of unbranched alkanes of at least 4 members (excludes halogenated alkanes) is 3. The summed E-state index contributed by atoms with van der Waals surface area (Å²) in [4.78, 5) is 64.0. The Bertz CT molecular complexity index is 1020. The monoisotopic (exact) mass is 606 g/mol. The van der Waals surface area contributed by atoms with Crippen LogP contribution in [0.5, 0.6) is 5.75 Å². The normalized spacial score (nSPS) is 13.7. The Kier molecular flexibility index (Phi) is 18.2. The third-order valence-corrected chi connectivity index (χ3v) is 6.84. The fourth-order valence-corrected chi connectivity index (χ4v) is 4.44. The number of primary amides is 1. The van der Waals surface area contributed by atoms with Crippen LogP contribution in [0.2, 0.25) is 0 Å². The standard InChI is InChI=1S/C29H50N8O6/c1-19(38)34-23(9-3-6-16-31)27(41)37-25(18-20-11-13-21(39)14-12-20)29(43)36-24(10-4-7-17-32)28(42)35-22(26(33)40)8-2-5-15-30/h11-14,22-25,39H,2-10,15-18,30-32H2,1H3,(H2,33,40)(H,34,38)(H,35,42)(H,36,43)(H,37,41)/t22-,23-,24-,25+/m0/s1. The van der Waals surface area contributed by atoms with Crippen molar-refractivity contribution in [3.63, 3.8) is 0 Å². The van der Waals surface area contributed by atoms with Crippen molar-refractivity contribution in [1.82, 2.24) is 21.3 Å². The molecule has 0 saturated heterocycles. The average molecular weight is 607 g/mol. The Morgan fingerprint density at radius 2 is 1.02 bits per heavy atom. The van der Waals surface area contributed by atoms with Crippen LogP contribution in [0.1, 0.15) is 70.3 Å². The van der Waals surface area contributed by atoms with E-state index in [1.54, 1.807) is 12.1 Å². The van der Waals surface area contributed by atoms with E-state index in [1.807, 2.05) is 0 Å². The van der Waals surface area contributed by atoms with Crippen molar-refractivity contribution in [2.75, 3.05) is 19.6 Å². The van der Waals surface area contributed by atoms with Crippen LogP contribution < -0.4 is 44.2 Å². The number of nitrogens with two attached hydrogens (primary N) is 4. The molecule has 1 rings (SSSR count). The van der Waals surface area contributed by atoms with Crippen LogP contribution in [0.15, 0.2) is 24.3 Å². The Hall–Kier alpha value is -3.75. The number of phenols is 1. The van der Waals surface area contributed by atoms with Gasteiger partial charge in [0.1, 0.15) is 29.9 Å². The van der Waals surface area contributed by atoms with Gasteiger partial charge in [-0.05, 0) is 95.1 Å². The molecule has 0 saturated carbocycles. The van der Waals surface area contributed by atoms with Gasteiger partial charge in [-0.2, -0.15) is 0 Å². The molecule has 242 valence electrons. The molecule has 5 amide bonds. The minimum Gasteiger partial charge on any atom is -0.508 e. The Morgan fingerprint density at radius 1 is 0.628 bits per heavy atom. The molecule has 14 nitrogen and oxygen atoms in total. The van der Waals surface area contributed by atoms with E-state index in [1.165, 1.54) is 19.1 Å². The summed E-state index contributed by atoms with van der Waals surface area (Å²) in [7, 11) is 0. The topological polar surface area (TPSA) is 258 Å². The van der Waals surface area contributed by atoms with E-state index in [9.17, 15) is 29.1 Å². The van der Waals surface area contributed by atoms with Crippen LogP contribution in [0.25, 0.3) is 0 Å². The lowest BCUT2D eigenvalue weighted by atomic mass is 10.0. The zero-order chi connectivity index (χ0) is 32.2. The van der Waals surface area contributed by atoms with Crippen molar-refractivity contribution in [1.29, 1.82) is 0 Å². The fourth-order valence-electron chi connectivity index (χ4n) is 4.44. The van der Waals surface area contributed by atoms with Crippen molar-refractivity contribution in [3.05, 3.63) is 29.8 Å². The SMILES string of the molecule is CC(=O)N[C@@H](CCCCN)C(=O)N[C@H](Cc1ccc(O)cc1)C(=O)N[C@@H](CCCCN)C(=O)N[C@@H](CCCCN)C(N)=O. The Labute approximate surface area is 253 Å². The summed E-state index contributed by atoms with van der Waals surface area (Å²) in [5, 5.41) is 20.4. The highest BCUT2D eigenvalue weighted by Gasteiger charge is 2.30. The van der Waals surface area contributed by atoms with Crippen LogP contribution >= 0.6 is 0 Å². The summed E-state index contributed by atoms with van der Waals surface area (Å²) in [5.74, 6) is -2.87. The average Bonchev–Trinajstić information content (AvgIpc) is 2.96. The molecule has 0 heterocycles. The zero-order valence-corrected chi connectivity index (χ0v) is 25.1. The number of aromatic hydroxyl groups is 1.